The van der Waals surface area contributed by atoms with Crippen LogP contribution >= 0.6 is 15.9 Å². The number of aromatic nitrogens is 3. The van der Waals surface area contributed by atoms with Gasteiger partial charge in [0.25, 0.3) is 0 Å². The van der Waals surface area contributed by atoms with Crippen LogP contribution < -0.4 is 5.32 Å². The van der Waals surface area contributed by atoms with Crippen molar-refractivity contribution < 1.29 is 0 Å². The number of fused-ring (bicyclic) bond motifs is 3. The number of hydrogen-bond donors (Lipinski definition) is 3. The summed E-state index contributed by atoms with van der Waals surface area (Å²) >= 11 is 3.48. The van der Waals surface area contributed by atoms with Gasteiger partial charge in [-0.15, -0.1) is 0 Å². The van der Waals surface area contributed by atoms with Crippen LogP contribution in [0.1, 0.15) is 12.7 Å². The van der Waals surface area contributed by atoms with E-state index in [1.807, 2.05) is 18.2 Å². The number of aromatic amines is 1. The van der Waals surface area contributed by atoms with Gasteiger partial charge in [0.15, 0.2) is 0 Å². The number of imidazole rings is 1. The van der Waals surface area contributed by atoms with Crippen LogP contribution in [0.4, 0.5) is 0 Å². The molecule has 106 valence electrons. The molecule has 0 amide bonds. The van der Waals surface area contributed by atoms with Gasteiger partial charge in [-0.3, -0.25) is 4.98 Å². The maximum Gasteiger partial charge on any atom is 0.126 e. The van der Waals surface area contributed by atoms with Crippen LogP contribution in [0.15, 0.2) is 45.9 Å². The fourth-order valence-corrected chi connectivity index (χ4v) is 2.46. The third kappa shape index (κ3) is 2.78. The molecule has 0 aliphatic heterocycles. The first kappa shape index (κ1) is 13.7. The van der Waals surface area contributed by atoms with Crippen molar-refractivity contribution in [1.29, 1.82) is 5.53 Å². The van der Waals surface area contributed by atoms with Crippen molar-refractivity contribution in [2.45, 2.75) is 13.5 Å². The Labute approximate surface area is 129 Å². The molecule has 0 saturated heterocycles. The third-order valence-corrected chi connectivity index (χ3v) is 3.58. The maximum atomic E-state index is 6.87. The van der Waals surface area contributed by atoms with Gasteiger partial charge in [0.05, 0.1) is 29.5 Å². The van der Waals surface area contributed by atoms with E-state index in [2.05, 4.69) is 41.3 Å². The Morgan fingerprint density at radius 1 is 1.48 bits per heavy atom. The highest BCUT2D eigenvalue weighted by molar-refractivity contribution is 9.10. The van der Waals surface area contributed by atoms with Crippen LogP contribution in [0, 0.1) is 5.53 Å². The monoisotopic (exact) mass is 344 g/mol. The number of rotatable bonds is 4. The molecule has 0 aliphatic carbocycles. The molecule has 0 spiro atoms. The van der Waals surface area contributed by atoms with E-state index >= 15 is 0 Å². The van der Waals surface area contributed by atoms with Crippen molar-refractivity contribution in [3.05, 3.63) is 46.6 Å². The van der Waals surface area contributed by atoms with Gasteiger partial charge in [0.2, 0.25) is 0 Å². The first-order chi connectivity index (χ1) is 10.2. The molecule has 3 aromatic rings. The van der Waals surface area contributed by atoms with E-state index in [0.717, 1.165) is 32.2 Å². The van der Waals surface area contributed by atoms with Gasteiger partial charge in [-0.2, -0.15) is 5.11 Å². The highest BCUT2D eigenvalue weighted by Crippen LogP contribution is 2.24. The van der Waals surface area contributed by atoms with E-state index in [0.29, 0.717) is 12.2 Å². The minimum Gasteiger partial charge on any atom is -0.382 e. The smallest absolute Gasteiger partial charge is 0.126 e. The number of nitrogens with one attached hydrogen (secondary N) is 3. The lowest BCUT2D eigenvalue weighted by Gasteiger charge is -1.99. The molecule has 21 heavy (non-hydrogen) atoms. The predicted molar refractivity (Wildman–Crippen MR) is 84.8 cm³/mol. The summed E-state index contributed by atoms with van der Waals surface area (Å²) in [5.74, 6) is 0.813. The van der Waals surface area contributed by atoms with E-state index in [4.69, 9.17) is 5.53 Å². The van der Waals surface area contributed by atoms with Crippen LogP contribution in [-0.2, 0) is 6.54 Å². The van der Waals surface area contributed by atoms with E-state index in [1.165, 1.54) is 0 Å². The summed E-state index contributed by atoms with van der Waals surface area (Å²) in [6.07, 6.45) is 3.46. The van der Waals surface area contributed by atoms with Crippen molar-refractivity contribution in [3.63, 3.8) is 0 Å². The van der Waals surface area contributed by atoms with Crippen molar-refractivity contribution in [1.82, 2.24) is 20.3 Å². The average Bonchev–Trinajstić information content (AvgIpc) is 2.90. The topological polar surface area (TPSA) is 89.8 Å². The van der Waals surface area contributed by atoms with Crippen molar-refractivity contribution >= 4 is 37.9 Å². The lowest BCUT2D eigenvalue weighted by atomic mass is 10.2. The summed E-state index contributed by atoms with van der Waals surface area (Å²) in [5, 5.41) is 7.43. The zero-order valence-corrected chi connectivity index (χ0v) is 12.9. The number of hydrogen-bond acceptors (Lipinski definition) is 5. The zero-order valence-electron chi connectivity index (χ0n) is 11.3. The first-order valence-corrected chi connectivity index (χ1v) is 7.17. The molecule has 0 radical (unpaired) electrons. The molecule has 2 aromatic heterocycles. The van der Waals surface area contributed by atoms with Crippen LogP contribution in [0.2, 0.25) is 0 Å². The minimum atomic E-state index is 0.539. The standard InChI is InChI=1S/C14H13BrN6/c1-8(21-16)5-17-7-13-19-12-6-18-11-3-2-9(15)4-10(11)14(12)20-13/h2-6,16-17H,7H2,1H3,(H,19,20)/b8-5-,21-16?. The van der Waals surface area contributed by atoms with Gasteiger partial charge in [0.1, 0.15) is 11.3 Å². The molecule has 6 nitrogen and oxygen atoms in total. The summed E-state index contributed by atoms with van der Waals surface area (Å²) in [6, 6.07) is 5.97. The second kappa shape index (κ2) is 5.61. The SMILES string of the molecule is C/C(=C/NCc1nc2cnc3ccc(Br)cc3c2[nH]1)N=N. The number of H-pyrrole nitrogens is 1. The summed E-state index contributed by atoms with van der Waals surface area (Å²) in [7, 11) is 0. The third-order valence-electron chi connectivity index (χ3n) is 3.09. The summed E-state index contributed by atoms with van der Waals surface area (Å²) in [6.45, 7) is 2.30. The van der Waals surface area contributed by atoms with Gasteiger partial charge in [-0.25, -0.2) is 10.5 Å². The normalized spacial score (nSPS) is 12.0. The molecule has 0 fully saturated rings. The molecule has 0 saturated carbocycles. The molecule has 0 bridgehead atoms. The Morgan fingerprint density at radius 2 is 2.33 bits per heavy atom. The number of halogens is 1. The molecular weight excluding hydrogens is 332 g/mol. The second-order valence-electron chi connectivity index (χ2n) is 4.64. The summed E-state index contributed by atoms with van der Waals surface area (Å²) < 4.78 is 1.01. The zero-order chi connectivity index (χ0) is 14.8. The van der Waals surface area contributed by atoms with Gasteiger partial charge >= 0.3 is 0 Å². The summed E-state index contributed by atoms with van der Waals surface area (Å²) in [4.78, 5) is 12.2. The van der Waals surface area contributed by atoms with E-state index in [9.17, 15) is 0 Å². The molecule has 3 rings (SSSR count). The molecule has 2 heterocycles. The first-order valence-electron chi connectivity index (χ1n) is 6.38. The maximum absolute atomic E-state index is 6.87. The minimum absolute atomic E-state index is 0.539. The number of nitrogens with zero attached hydrogens (tertiary/aromatic N) is 3. The van der Waals surface area contributed by atoms with Crippen LogP contribution in [0.3, 0.4) is 0 Å². The molecule has 7 heteroatoms. The molecule has 0 unspecified atom stereocenters. The molecule has 3 N–H and O–H groups in total. The number of pyridine rings is 1. The van der Waals surface area contributed by atoms with E-state index < -0.39 is 0 Å². The fourth-order valence-electron chi connectivity index (χ4n) is 2.10. The van der Waals surface area contributed by atoms with Crippen LogP contribution in [0.25, 0.3) is 21.9 Å². The van der Waals surface area contributed by atoms with E-state index in [-0.39, 0.29) is 0 Å². The van der Waals surface area contributed by atoms with Crippen molar-refractivity contribution in [2.75, 3.05) is 0 Å². The lowest BCUT2D eigenvalue weighted by molar-refractivity contribution is 0.804. The van der Waals surface area contributed by atoms with E-state index in [1.54, 1.807) is 19.3 Å². The Morgan fingerprint density at radius 3 is 3.14 bits per heavy atom. The van der Waals surface area contributed by atoms with Crippen molar-refractivity contribution in [3.8, 4) is 0 Å². The molecule has 0 aliphatic rings. The Kier molecular flexibility index (Phi) is 3.66. The molecule has 1 aromatic carbocycles. The summed E-state index contributed by atoms with van der Waals surface area (Å²) in [5.41, 5.74) is 10.2. The molecule has 0 atom stereocenters. The van der Waals surface area contributed by atoms with Crippen LogP contribution in [-0.4, -0.2) is 15.0 Å². The number of benzene rings is 1. The lowest BCUT2D eigenvalue weighted by Crippen LogP contribution is -2.06. The van der Waals surface area contributed by atoms with Gasteiger partial charge in [0, 0.05) is 16.1 Å². The average molecular weight is 345 g/mol. The van der Waals surface area contributed by atoms with Gasteiger partial charge in [-0.05, 0) is 25.1 Å². The quantitative estimate of drug-likeness (QED) is 0.627. The molecular formula is C14H13BrN6. The highest BCUT2D eigenvalue weighted by Gasteiger charge is 2.07. The largest absolute Gasteiger partial charge is 0.382 e. The Balaban J connectivity index is 1.98. The Hall–Kier alpha value is -2.28. The van der Waals surface area contributed by atoms with Crippen molar-refractivity contribution in [2.24, 2.45) is 5.11 Å². The second-order valence-corrected chi connectivity index (χ2v) is 5.56. The number of allylic oxidation sites excluding steroid dienone is 1. The fraction of sp³-hybridized carbons (Fsp3) is 0.143. The van der Waals surface area contributed by atoms with Gasteiger partial charge < -0.3 is 10.3 Å². The van der Waals surface area contributed by atoms with Crippen LogP contribution in [0.5, 0.6) is 0 Å². The predicted octanol–water partition coefficient (Wildman–Crippen LogP) is 3.86. The Bertz CT molecular complexity index is 851. The van der Waals surface area contributed by atoms with Gasteiger partial charge in [-0.1, -0.05) is 15.9 Å². The highest BCUT2D eigenvalue weighted by atomic mass is 79.9.